The molecule has 0 unspecified atom stereocenters. The van der Waals surface area contributed by atoms with E-state index in [1.165, 1.54) is 0 Å². The van der Waals surface area contributed by atoms with Gasteiger partial charge in [0, 0.05) is 25.2 Å². The summed E-state index contributed by atoms with van der Waals surface area (Å²) in [5.41, 5.74) is 6.28. The molecule has 3 nitrogen and oxygen atoms in total. The summed E-state index contributed by atoms with van der Waals surface area (Å²) in [6, 6.07) is 3.47. The van der Waals surface area contributed by atoms with Crippen LogP contribution in [0.5, 0.6) is 0 Å². The summed E-state index contributed by atoms with van der Waals surface area (Å²) >= 11 is 0. The van der Waals surface area contributed by atoms with Gasteiger partial charge in [-0.1, -0.05) is 0 Å². The highest BCUT2D eigenvalue weighted by Gasteiger charge is 2.30. The summed E-state index contributed by atoms with van der Waals surface area (Å²) in [7, 11) is 0. The number of nitrogens with two attached hydrogens (primary N) is 1. The van der Waals surface area contributed by atoms with Gasteiger partial charge in [0.1, 0.15) is 0 Å². The van der Waals surface area contributed by atoms with Crippen LogP contribution in [0, 0.1) is 5.92 Å². The molecule has 0 amide bonds. The van der Waals surface area contributed by atoms with Gasteiger partial charge in [0.05, 0.1) is 5.69 Å². The quantitative estimate of drug-likeness (QED) is 0.813. The normalized spacial score (nSPS) is 21.3. The van der Waals surface area contributed by atoms with Crippen LogP contribution in [0.25, 0.3) is 0 Å². The molecule has 0 saturated carbocycles. The molecule has 1 aromatic rings. The summed E-state index contributed by atoms with van der Waals surface area (Å²) in [5.74, 6) is 0.0760. The second-order valence-corrected chi connectivity index (χ2v) is 3.75. The van der Waals surface area contributed by atoms with Gasteiger partial charge in [-0.2, -0.15) is 0 Å². The molecule has 2 N–H and O–H groups in total. The predicted molar refractivity (Wildman–Crippen MR) is 55.0 cm³/mol. The van der Waals surface area contributed by atoms with E-state index in [1.807, 2.05) is 4.90 Å². The van der Waals surface area contributed by atoms with Gasteiger partial charge in [0.2, 0.25) is 6.43 Å². The van der Waals surface area contributed by atoms with E-state index in [0.29, 0.717) is 31.0 Å². The van der Waals surface area contributed by atoms with Crippen LogP contribution < -0.4 is 10.6 Å². The fourth-order valence-corrected chi connectivity index (χ4v) is 1.86. The molecule has 2 heterocycles. The number of alkyl halides is 2. The Labute approximate surface area is 86.9 Å². The third kappa shape index (κ3) is 2.00. The Balaban J connectivity index is 2.11. The zero-order valence-corrected chi connectivity index (χ0v) is 8.24. The van der Waals surface area contributed by atoms with E-state index < -0.39 is 12.3 Å². The predicted octanol–water partition coefficient (Wildman–Crippen LogP) is 1.76. The molecule has 15 heavy (non-hydrogen) atoms. The number of nitrogen functional groups attached to an aromatic ring is 1. The zero-order valence-electron chi connectivity index (χ0n) is 8.24. The second kappa shape index (κ2) is 4.00. The molecule has 0 aromatic carbocycles. The molecule has 1 saturated heterocycles. The molecule has 0 spiro atoms. The fraction of sp³-hybridized carbons (Fsp3) is 0.500. The van der Waals surface area contributed by atoms with Crippen molar-refractivity contribution in [3.8, 4) is 0 Å². The minimum absolute atomic E-state index is 0.346. The van der Waals surface area contributed by atoms with Crippen LogP contribution in [-0.2, 0) is 0 Å². The minimum atomic E-state index is -2.25. The highest BCUT2D eigenvalue weighted by Crippen LogP contribution is 2.29. The van der Waals surface area contributed by atoms with Crippen LogP contribution in [-0.4, -0.2) is 24.5 Å². The molecular weight excluding hydrogens is 200 g/mol. The van der Waals surface area contributed by atoms with Crippen molar-refractivity contribution < 1.29 is 8.78 Å². The largest absolute Gasteiger partial charge is 0.396 e. The smallest absolute Gasteiger partial charge is 0.243 e. The fourth-order valence-electron chi connectivity index (χ4n) is 1.86. The summed E-state index contributed by atoms with van der Waals surface area (Å²) in [5, 5.41) is 0. The van der Waals surface area contributed by atoms with Crippen LogP contribution in [0.1, 0.15) is 6.42 Å². The van der Waals surface area contributed by atoms with Crippen molar-refractivity contribution in [2.75, 3.05) is 23.7 Å². The Morgan fingerprint density at radius 3 is 2.93 bits per heavy atom. The zero-order chi connectivity index (χ0) is 10.8. The van der Waals surface area contributed by atoms with Crippen molar-refractivity contribution in [1.29, 1.82) is 0 Å². The SMILES string of the molecule is Nc1cccnc1N1CC[C@@H](C(F)F)C1. The van der Waals surface area contributed by atoms with Gasteiger partial charge < -0.3 is 10.6 Å². The maximum Gasteiger partial charge on any atom is 0.243 e. The number of rotatable bonds is 2. The van der Waals surface area contributed by atoms with Crippen molar-refractivity contribution >= 4 is 11.5 Å². The Kier molecular flexibility index (Phi) is 2.70. The first-order chi connectivity index (χ1) is 7.18. The molecule has 5 heteroatoms. The summed E-state index contributed by atoms with van der Waals surface area (Å²) in [6.45, 7) is 0.953. The summed E-state index contributed by atoms with van der Waals surface area (Å²) < 4.78 is 24.9. The van der Waals surface area contributed by atoms with E-state index in [2.05, 4.69) is 4.98 Å². The van der Waals surface area contributed by atoms with Gasteiger partial charge >= 0.3 is 0 Å². The molecule has 2 rings (SSSR count). The molecule has 1 aliphatic rings. The van der Waals surface area contributed by atoms with Crippen LogP contribution in [0.4, 0.5) is 20.3 Å². The van der Waals surface area contributed by atoms with E-state index in [9.17, 15) is 8.78 Å². The Morgan fingerprint density at radius 2 is 2.33 bits per heavy atom. The highest BCUT2D eigenvalue weighted by molar-refractivity contribution is 5.62. The van der Waals surface area contributed by atoms with Crippen molar-refractivity contribution in [2.24, 2.45) is 5.92 Å². The molecule has 0 bridgehead atoms. The molecule has 1 fully saturated rings. The molecular formula is C10H13F2N3. The molecule has 0 radical (unpaired) electrons. The number of anilines is 2. The van der Waals surface area contributed by atoms with Gasteiger partial charge in [-0.15, -0.1) is 0 Å². The molecule has 82 valence electrons. The van der Waals surface area contributed by atoms with E-state index >= 15 is 0 Å². The number of nitrogens with zero attached hydrogens (tertiary/aromatic N) is 2. The lowest BCUT2D eigenvalue weighted by molar-refractivity contribution is 0.0880. The lowest BCUT2D eigenvalue weighted by Crippen LogP contribution is -2.23. The second-order valence-electron chi connectivity index (χ2n) is 3.75. The van der Waals surface area contributed by atoms with Crippen LogP contribution in [0.3, 0.4) is 0 Å². The van der Waals surface area contributed by atoms with Crippen molar-refractivity contribution in [3.05, 3.63) is 18.3 Å². The minimum Gasteiger partial charge on any atom is -0.396 e. The first-order valence-electron chi connectivity index (χ1n) is 4.92. The van der Waals surface area contributed by atoms with E-state index in [0.717, 1.165) is 0 Å². The van der Waals surface area contributed by atoms with E-state index in [4.69, 9.17) is 5.73 Å². The summed E-state index contributed by atoms with van der Waals surface area (Å²) in [4.78, 5) is 5.94. The number of pyridine rings is 1. The van der Waals surface area contributed by atoms with Crippen LogP contribution in [0.2, 0.25) is 0 Å². The van der Waals surface area contributed by atoms with Crippen molar-refractivity contribution in [3.63, 3.8) is 0 Å². The third-order valence-electron chi connectivity index (χ3n) is 2.70. The van der Waals surface area contributed by atoms with E-state index in [-0.39, 0.29) is 0 Å². The maximum absolute atomic E-state index is 12.5. The number of halogens is 2. The molecule has 1 aliphatic heterocycles. The van der Waals surface area contributed by atoms with Gasteiger partial charge in [-0.25, -0.2) is 13.8 Å². The molecule has 1 atom stereocenters. The van der Waals surface area contributed by atoms with Gasteiger partial charge in [-0.3, -0.25) is 0 Å². The van der Waals surface area contributed by atoms with Gasteiger partial charge in [0.15, 0.2) is 5.82 Å². The first-order valence-corrected chi connectivity index (χ1v) is 4.92. The van der Waals surface area contributed by atoms with Gasteiger partial charge in [0.25, 0.3) is 0 Å². The lowest BCUT2D eigenvalue weighted by atomic mass is 10.1. The molecule has 0 aliphatic carbocycles. The Bertz CT molecular complexity index is 343. The maximum atomic E-state index is 12.5. The lowest BCUT2D eigenvalue weighted by Gasteiger charge is -2.18. The first kappa shape index (κ1) is 10.1. The number of aromatic nitrogens is 1. The topological polar surface area (TPSA) is 42.1 Å². The van der Waals surface area contributed by atoms with E-state index in [1.54, 1.807) is 18.3 Å². The Morgan fingerprint density at radius 1 is 1.53 bits per heavy atom. The molecule has 1 aromatic heterocycles. The summed E-state index contributed by atoms with van der Waals surface area (Å²) in [6.07, 6.45) is -0.116. The average molecular weight is 213 g/mol. The standard InChI is InChI=1S/C10H13F2N3/c11-9(12)7-3-5-15(6-7)10-8(13)2-1-4-14-10/h1-2,4,7,9H,3,5-6,13H2/t7-/m1/s1. The van der Waals surface area contributed by atoms with Crippen LogP contribution in [0.15, 0.2) is 18.3 Å². The van der Waals surface area contributed by atoms with Crippen LogP contribution >= 0.6 is 0 Å². The number of hydrogen-bond acceptors (Lipinski definition) is 3. The Hall–Kier alpha value is -1.39. The third-order valence-corrected chi connectivity index (χ3v) is 2.70. The highest BCUT2D eigenvalue weighted by atomic mass is 19.3. The van der Waals surface area contributed by atoms with Gasteiger partial charge in [-0.05, 0) is 18.6 Å². The van der Waals surface area contributed by atoms with Crippen molar-refractivity contribution in [1.82, 2.24) is 4.98 Å². The number of hydrogen-bond donors (Lipinski definition) is 1. The van der Waals surface area contributed by atoms with Crippen molar-refractivity contribution in [2.45, 2.75) is 12.8 Å². The monoisotopic (exact) mass is 213 g/mol. The average Bonchev–Trinajstić information content (AvgIpc) is 2.67.